The lowest BCUT2D eigenvalue weighted by molar-refractivity contribution is -0.928. The van der Waals surface area contributed by atoms with E-state index in [2.05, 4.69) is 17.2 Å². The fraction of sp³-hybridized carbons (Fsp3) is 0.478. The van der Waals surface area contributed by atoms with Gasteiger partial charge in [-0.05, 0) is 62.9 Å². The number of piperidine rings is 1. The number of carbonyl (C=O) groups excluding carboxylic acids is 1. The lowest BCUT2D eigenvalue weighted by Crippen LogP contribution is -3.16. The van der Waals surface area contributed by atoms with E-state index in [4.69, 9.17) is 8.83 Å². The van der Waals surface area contributed by atoms with Crippen molar-refractivity contribution in [2.75, 3.05) is 19.6 Å². The van der Waals surface area contributed by atoms with Crippen LogP contribution in [0.1, 0.15) is 54.5 Å². The molecule has 2 N–H and O–H groups in total. The number of oxazole rings is 1. The molecule has 1 aliphatic heterocycles. The van der Waals surface area contributed by atoms with E-state index in [0.29, 0.717) is 23.3 Å². The van der Waals surface area contributed by atoms with E-state index in [1.807, 2.05) is 31.2 Å². The molecule has 1 saturated heterocycles. The van der Waals surface area contributed by atoms with Gasteiger partial charge in [-0.25, -0.2) is 4.98 Å². The number of nitrogens with zero attached hydrogens (tertiary/aromatic N) is 1. The number of amides is 1. The van der Waals surface area contributed by atoms with E-state index in [1.165, 1.54) is 37.6 Å². The van der Waals surface area contributed by atoms with Crippen molar-refractivity contribution in [3.05, 3.63) is 47.4 Å². The molecule has 4 rings (SSSR count). The molecule has 3 heterocycles. The summed E-state index contributed by atoms with van der Waals surface area (Å²) in [6, 6.07) is 10.3. The maximum absolute atomic E-state index is 12.3. The van der Waals surface area contributed by atoms with Crippen molar-refractivity contribution in [1.82, 2.24) is 10.3 Å². The van der Waals surface area contributed by atoms with Gasteiger partial charge in [0.15, 0.2) is 11.3 Å². The van der Waals surface area contributed by atoms with E-state index in [1.54, 1.807) is 11.0 Å². The number of carbonyl (C=O) groups is 1. The number of hydrogen-bond donors (Lipinski definition) is 2. The molecule has 0 saturated carbocycles. The molecule has 0 radical (unpaired) electrons. The highest BCUT2D eigenvalue weighted by atomic mass is 32.2. The third kappa shape index (κ3) is 5.26. The number of fused-ring (bicyclic) bond motifs is 1. The first-order valence-corrected chi connectivity index (χ1v) is 11.8. The van der Waals surface area contributed by atoms with Gasteiger partial charge in [0.2, 0.25) is 0 Å². The number of thioether (sulfide) groups is 1. The van der Waals surface area contributed by atoms with Crippen molar-refractivity contribution < 1.29 is 18.5 Å². The second kappa shape index (κ2) is 9.71. The Kier molecular flexibility index (Phi) is 6.79. The maximum atomic E-state index is 12.3. The van der Waals surface area contributed by atoms with E-state index < -0.39 is 0 Å². The number of quaternary nitrogens is 1. The zero-order chi connectivity index (χ0) is 20.9. The number of hydrogen-bond acceptors (Lipinski definition) is 5. The summed E-state index contributed by atoms with van der Waals surface area (Å²) in [5, 5.41) is 3.58. The average Bonchev–Trinajstić information content (AvgIpc) is 3.37. The second-order valence-electron chi connectivity index (χ2n) is 8.17. The first-order chi connectivity index (χ1) is 14.6. The second-order valence-corrected chi connectivity index (χ2v) is 9.10. The highest BCUT2D eigenvalue weighted by molar-refractivity contribution is 7.98. The topological polar surface area (TPSA) is 72.7 Å². The molecule has 2 atom stereocenters. The Balaban J connectivity index is 1.22. The summed E-state index contributed by atoms with van der Waals surface area (Å²) < 4.78 is 11.5. The van der Waals surface area contributed by atoms with Crippen LogP contribution >= 0.6 is 11.8 Å². The highest BCUT2D eigenvalue weighted by Gasteiger charge is 2.21. The zero-order valence-corrected chi connectivity index (χ0v) is 18.5. The van der Waals surface area contributed by atoms with Crippen molar-refractivity contribution in [3.63, 3.8) is 0 Å². The predicted molar refractivity (Wildman–Crippen MR) is 118 cm³/mol. The number of benzene rings is 1. The number of nitrogens with one attached hydrogen (secondary N) is 2. The fourth-order valence-corrected chi connectivity index (χ4v) is 4.75. The maximum Gasteiger partial charge on any atom is 0.286 e. The lowest BCUT2D eigenvalue weighted by Gasteiger charge is -2.30. The van der Waals surface area contributed by atoms with Crippen molar-refractivity contribution in [2.24, 2.45) is 0 Å². The normalized spacial score (nSPS) is 19.3. The molecule has 1 aliphatic rings. The third-order valence-corrected chi connectivity index (χ3v) is 6.64. The third-order valence-electron chi connectivity index (χ3n) is 5.79. The number of rotatable bonds is 8. The summed E-state index contributed by atoms with van der Waals surface area (Å²) >= 11 is 1.46. The molecular weight excluding hydrogens is 398 g/mol. The van der Waals surface area contributed by atoms with Crippen LogP contribution in [0.5, 0.6) is 0 Å². The Labute approximate surface area is 181 Å². The molecule has 6 nitrogen and oxygen atoms in total. The summed E-state index contributed by atoms with van der Waals surface area (Å²) in [7, 11) is 0. The molecular formula is C23H30N3O3S+. The van der Waals surface area contributed by atoms with E-state index >= 15 is 0 Å². The van der Waals surface area contributed by atoms with Crippen LogP contribution in [-0.2, 0) is 5.75 Å². The van der Waals surface area contributed by atoms with Gasteiger partial charge in [-0.2, -0.15) is 0 Å². The molecule has 2 aromatic heterocycles. The standard InChI is InChI=1S/C23H29N3O3S/c1-16-7-9-20-19(14-16)25-23(29-20)30-15-18-8-10-21(28-18)22(27)24-11-5-13-26-12-4-3-6-17(26)2/h7-10,14,17H,3-6,11-13,15H2,1-2H3,(H,24,27)/p+1/t17-/m0/s1. The van der Waals surface area contributed by atoms with Crippen molar-refractivity contribution in [1.29, 1.82) is 0 Å². The number of aryl methyl sites for hydroxylation is 1. The lowest BCUT2D eigenvalue weighted by atomic mass is 10.0. The van der Waals surface area contributed by atoms with E-state index in [9.17, 15) is 4.79 Å². The van der Waals surface area contributed by atoms with Gasteiger partial charge in [0.1, 0.15) is 11.3 Å². The Bertz CT molecular complexity index is 997. The van der Waals surface area contributed by atoms with Crippen LogP contribution in [0, 0.1) is 6.92 Å². The van der Waals surface area contributed by atoms with Crippen molar-refractivity contribution in [2.45, 2.75) is 56.5 Å². The van der Waals surface area contributed by atoms with Crippen molar-refractivity contribution >= 4 is 28.8 Å². The van der Waals surface area contributed by atoms with Gasteiger partial charge in [-0.3, -0.25) is 4.79 Å². The van der Waals surface area contributed by atoms with E-state index in [-0.39, 0.29) is 5.91 Å². The van der Waals surface area contributed by atoms with Crippen LogP contribution < -0.4 is 10.2 Å². The predicted octanol–water partition coefficient (Wildman–Crippen LogP) is 3.60. The highest BCUT2D eigenvalue weighted by Crippen LogP contribution is 2.27. The quantitative estimate of drug-likeness (QED) is 0.424. The molecule has 0 spiro atoms. The van der Waals surface area contributed by atoms with Gasteiger partial charge in [0.05, 0.1) is 24.9 Å². The van der Waals surface area contributed by atoms with Crippen LogP contribution in [0.3, 0.4) is 0 Å². The Morgan fingerprint density at radius 2 is 2.17 bits per heavy atom. The number of likely N-dealkylation sites (tertiary alicyclic amines) is 1. The molecule has 7 heteroatoms. The molecule has 1 amide bonds. The van der Waals surface area contributed by atoms with Gasteiger partial charge < -0.3 is 19.1 Å². The molecule has 30 heavy (non-hydrogen) atoms. The Morgan fingerprint density at radius 1 is 1.27 bits per heavy atom. The summed E-state index contributed by atoms with van der Waals surface area (Å²) in [6.07, 6.45) is 4.99. The van der Waals surface area contributed by atoms with E-state index in [0.717, 1.165) is 41.4 Å². The van der Waals surface area contributed by atoms with Gasteiger partial charge in [0.25, 0.3) is 11.1 Å². The molecule has 0 bridgehead atoms. The van der Waals surface area contributed by atoms with Crippen molar-refractivity contribution in [3.8, 4) is 0 Å². The van der Waals surface area contributed by atoms with Gasteiger partial charge in [-0.15, -0.1) is 0 Å². The largest absolute Gasteiger partial charge is 0.455 e. The van der Waals surface area contributed by atoms with Gasteiger partial charge in [0, 0.05) is 13.0 Å². The number of aromatic nitrogens is 1. The van der Waals surface area contributed by atoms with Crippen LogP contribution in [0.15, 0.2) is 44.4 Å². The summed E-state index contributed by atoms with van der Waals surface area (Å²) in [6.45, 7) is 7.42. The Hall–Kier alpha value is -2.25. The number of furan rings is 1. The summed E-state index contributed by atoms with van der Waals surface area (Å²) in [4.78, 5) is 18.5. The fourth-order valence-electron chi connectivity index (χ4n) is 4.02. The molecule has 1 unspecified atom stereocenters. The van der Waals surface area contributed by atoms with Gasteiger partial charge in [-0.1, -0.05) is 17.8 Å². The van der Waals surface area contributed by atoms with Crippen LogP contribution in [-0.4, -0.2) is 36.6 Å². The summed E-state index contributed by atoms with van der Waals surface area (Å²) in [5.74, 6) is 1.51. The van der Waals surface area contributed by atoms with Crippen LogP contribution in [0.4, 0.5) is 0 Å². The van der Waals surface area contributed by atoms with Crippen LogP contribution in [0.2, 0.25) is 0 Å². The monoisotopic (exact) mass is 428 g/mol. The molecule has 160 valence electrons. The van der Waals surface area contributed by atoms with Crippen LogP contribution in [0.25, 0.3) is 11.1 Å². The zero-order valence-electron chi connectivity index (χ0n) is 17.7. The minimum Gasteiger partial charge on any atom is -0.455 e. The molecule has 1 aromatic carbocycles. The first kappa shape index (κ1) is 21.0. The van der Waals surface area contributed by atoms with Gasteiger partial charge >= 0.3 is 0 Å². The SMILES string of the molecule is Cc1ccc2oc(SCc3ccc(C(=O)NCCC[NH+]4CCCC[C@@H]4C)o3)nc2c1. The molecule has 1 fully saturated rings. The smallest absolute Gasteiger partial charge is 0.286 e. The molecule has 0 aliphatic carbocycles. The summed E-state index contributed by atoms with van der Waals surface area (Å²) in [5.41, 5.74) is 2.79. The molecule has 3 aromatic rings. The minimum atomic E-state index is -0.148. The Morgan fingerprint density at radius 3 is 3.03 bits per heavy atom. The minimum absolute atomic E-state index is 0.148. The average molecular weight is 429 g/mol. The first-order valence-electron chi connectivity index (χ1n) is 10.8.